The average Bonchev–Trinajstić information content (AvgIpc) is 2.08. The van der Waals surface area contributed by atoms with Gasteiger partial charge in [-0.1, -0.05) is 0 Å². The van der Waals surface area contributed by atoms with Gasteiger partial charge in [-0.05, 0) is 19.9 Å². The molecule has 6 heteroatoms. The average molecular weight is 224 g/mol. The van der Waals surface area contributed by atoms with E-state index in [0.717, 1.165) is 32.4 Å². The molecule has 86 valence electrons. The van der Waals surface area contributed by atoms with Gasteiger partial charge in [0.2, 0.25) is 10.0 Å². The lowest BCUT2D eigenvalue weighted by Gasteiger charge is -2.04. The third-order valence-corrected chi connectivity index (χ3v) is 2.25. The molecule has 0 aliphatic carbocycles. The minimum atomic E-state index is -3.03. The fraction of sp³-hybridized carbons (Fsp3) is 1.00. The first kappa shape index (κ1) is 13.8. The van der Waals surface area contributed by atoms with Crippen LogP contribution in [0, 0.1) is 0 Å². The maximum Gasteiger partial charge on any atom is 0.208 e. The Labute approximate surface area is 86.3 Å². The summed E-state index contributed by atoms with van der Waals surface area (Å²) in [4.78, 5) is 0. The summed E-state index contributed by atoms with van der Waals surface area (Å²) in [5.41, 5.74) is 0. The molecule has 2 N–H and O–H groups in total. The number of sulfonamides is 1. The summed E-state index contributed by atoms with van der Waals surface area (Å²) in [5.74, 6) is 0. The largest absolute Gasteiger partial charge is 0.380 e. The maximum atomic E-state index is 10.7. The third-order valence-electron chi connectivity index (χ3n) is 1.52. The zero-order valence-corrected chi connectivity index (χ0v) is 9.69. The minimum absolute atomic E-state index is 0.487. The lowest BCUT2D eigenvalue weighted by Crippen LogP contribution is -2.27. The molecule has 0 heterocycles. The third kappa shape index (κ3) is 11.8. The number of hydrogen-bond donors (Lipinski definition) is 2. The first-order valence-corrected chi connectivity index (χ1v) is 6.68. The van der Waals surface area contributed by atoms with Crippen molar-refractivity contribution in [2.45, 2.75) is 13.3 Å². The van der Waals surface area contributed by atoms with Crippen LogP contribution in [-0.2, 0) is 14.8 Å². The van der Waals surface area contributed by atoms with Crippen molar-refractivity contribution in [1.82, 2.24) is 10.0 Å². The van der Waals surface area contributed by atoms with Crippen molar-refractivity contribution in [2.24, 2.45) is 0 Å². The van der Waals surface area contributed by atoms with Crippen molar-refractivity contribution in [2.75, 3.05) is 39.1 Å². The van der Waals surface area contributed by atoms with Crippen LogP contribution in [0.4, 0.5) is 0 Å². The Kier molecular flexibility index (Phi) is 8.07. The summed E-state index contributed by atoms with van der Waals surface area (Å²) in [6.45, 7) is 5.49. The normalized spacial score (nSPS) is 11.9. The molecule has 0 spiro atoms. The van der Waals surface area contributed by atoms with Crippen LogP contribution in [0.2, 0.25) is 0 Å². The van der Waals surface area contributed by atoms with E-state index in [1.807, 2.05) is 6.92 Å². The standard InChI is InChI=1S/C8H20N2O3S/c1-3-13-8-7-9-5-4-6-10-14(2,11)12/h9-10H,3-8H2,1-2H3. The van der Waals surface area contributed by atoms with E-state index in [9.17, 15) is 8.42 Å². The van der Waals surface area contributed by atoms with Gasteiger partial charge < -0.3 is 10.1 Å². The predicted molar refractivity (Wildman–Crippen MR) is 56.8 cm³/mol. The smallest absolute Gasteiger partial charge is 0.208 e. The Bertz CT molecular complexity index is 217. The molecule has 0 saturated carbocycles. The lowest BCUT2D eigenvalue weighted by atomic mass is 10.4. The van der Waals surface area contributed by atoms with Crippen molar-refractivity contribution in [1.29, 1.82) is 0 Å². The molecule has 0 aliphatic rings. The highest BCUT2D eigenvalue weighted by Crippen LogP contribution is 1.78. The van der Waals surface area contributed by atoms with Crippen LogP contribution in [0.5, 0.6) is 0 Å². The summed E-state index contributed by atoms with van der Waals surface area (Å²) < 4.78 is 28.9. The van der Waals surface area contributed by atoms with E-state index in [1.54, 1.807) is 0 Å². The topological polar surface area (TPSA) is 67.4 Å². The van der Waals surface area contributed by atoms with Gasteiger partial charge in [-0.3, -0.25) is 0 Å². The van der Waals surface area contributed by atoms with Gasteiger partial charge in [0.15, 0.2) is 0 Å². The molecule has 5 nitrogen and oxygen atoms in total. The highest BCUT2D eigenvalue weighted by molar-refractivity contribution is 7.88. The molecule has 14 heavy (non-hydrogen) atoms. The van der Waals surface area contributed by atoms with Gasteiger partial charge in [0.1, 0.15) is 0 Å². The van der Waals surface area contributed by atoms with Crippen molar-refractivity contribution in [3.63, 3.8) is 0 Å². The molecule has 0 rings (SSSR count). The number of ether oxygens (including phenoxy) is 1. The summed E-state index contributed by atoms with van der Waals surface area (Å²) in [7, 11) is -3.03. The van der Waals surface area contributed by atoms with Gasteiger partial charge >= 0.3 is 0 Å². The van der Waals surface area contributed by atoms with Crippen molar-refractivity contribution < 1.29 is 13.2 Å². The first-order chi connectivity index (χ1) is 6.56. The first-order valence-electron chi connectivity index (χ1n) is 4.79. The summed E-state index contributed by atoms with van der Waals surface area (Å²) in [6, 6.07) is 0. The molecule has 0 radical (unpaired) electrons. The van der Waals surface area contributed by atoms with Crippen LogP contribution in [0.25, 0.3) is 0 Å². The molecule has 0 aromatic rings. The van der Waals surface area contributed by atoms with Gasteiger partial charge in [-0.25, -0.2) is 13.1 Å². The summed E-state index contributed by atoms with van der Waals surface area (Å²) in [5, 5.41) is 3.15. The monoisotopic (exact) mass is 224 g/mol. The maximum absolute atomic E-state index is 10.7. The van der Waals surface area contributed by atoms with Crippen LogP contribution in [0.1, 0.15) is 13.3 Å². The molecule has 0 atom stereocenters. The Morgan fingerprint density at radius 3 is 2.50 bits per heavy atom. The molecule has 0 fully saturated rings. The van der Waals surface area contributed by atoms with Gasteiger partial charge in [-0.2, -0.15) is 0 Å². The highest BCUT2D eigenvalue weighted by atomic mass is 32.2. The van der Waals surface area contributed by atoms with Crippen LogP contribution in [0.3, 0.4) is 0 Å². The molecule has 0 amide bonds. The quantitative estimate of drug-likeness (QED) is 0.521. The zero-order valence-electron chi connectivity index (χ0n) is 8.88. The fourth-order valence-corrected chi connectivity index (χ4v) is 1.40. The lowest BCUT2D eigenvalue weighted by molar-refractivity contribution is 0.149. The van der Waals surface area contributed by atoms with E-state index < -0.39 is 10.0 Å². The van der Waals surface area contributed by atoms with Crippen LogP contribution in [-0.4, -0.2) is 47.5 Å². The second-order valence-corrected chi connectivity index (χ2v) is 4.80. The molecule has 0 aliphatic heterocycles. The Balaban J connectivity index is 3.07. The summed E-state index contributed by atoms with van der Waals surface area (Å²) in [6.07, 6.45) is 1.95. The number of nitrogens with one attached hydrogen (secondary N) is 2. The van der Waals surface area contributed by atoms with Crippen molar-refractivity contribution >= 4 is 10.0 Å². The van der Waals surface area contributed by atoms with Crippen LogP contribution < -0.4 is 10.0 Å². The van der Waals surface area contributed by atoms with E-state index in [-0.39, 0.29) is 0 Å². The second-order valence-electron chi connectivity index (χ2n) is 2.97. The van der Waals surface area contributed by atoms with Gasteiger partial charge in [-0.15, -0.1) is 0 Å². The fourth-order valence-electron chi connectivity index (χ4n) is 0.885. The molecule has 0 unspecified atom stereocenters. The predicted octanol–water partition coefficient (Wildman–Crippen LogP) is -0.448. The molecular formula is C8H20N2O3S. The van der Waals surface area contributed by atoms with Crippen LogP contribution >= 0.6 is 0 Å². The molecule has 0 aromatic heterocycles. The van der Waals surface area contributed by atoms with Crippen molar-refractivity contribution in [3.05, 3.63) is 0 Å². The van der Waals surface area contributed by atoms with E-state index in [0.29, 0.717) is 13.2 Å². The van der Waals surface area contributed by atoms with E-state index >= 15 is 0 Å². The molecular weight excluding hydrogens is 204 g/mol. The van der Waals surface area contributed by atoms with Crippen LogP contribution in [0.15, 0.2) is 0 Å². The van der Waals surface area contributed by atoms with Gasteiger partial charge in [0.05, 0.1) is 12.9 Å². The zero-order chi connectivity index (χ0) is 10.9. The second kappa shape index (κ2) is 8.16. The van der Waals surface area contributed by atoms with E-state index in [2.05, 4.69) is 10.0 Å². The van der Waals surface area contributed by atoms with Gasteiger partial charge in [0, 0.05) is 19.7 Å². The van der Waals surface area contributed by atoms with Crippen molar-refractivity contribution in [3.8, 4) is 0 Å². The Hall–Kier alpha value is -0.170. The molecule has 0 bridgehead atoms. The van der Waals surface area contributed by atoms with E-state index in [1.165, 1.54) is 0 Å². The number of hydrogen-bond acceptors (Lipinski definition) is 4. The van der Waals surface area contributed by atoms with Gasteiger partial charge in [0.25, 0.3) is 0 Å². The SMILES string of the molecule is CCOCCNCCCNS(C)(=O)=O. The van der Waals surface area contributed by atoms with E-state index in [4.69, 9.17) is 4.74 Å². The minimum Gasteiger partial charge on any atom is -0.380 e. The molecule has 0 aromatic carbocycles. The highest BCUT2D eigenvalue weighted by Gasteiger charge is 1.97. The Morgan fingerprint density at radius 2 is 1.93 bits per heavy atom. The summed E-state index contributed by atoms with van der Waals surface area (Å²) >= 11 is 0. The Morgan fingerprint density at radius 1 is 1.21 bits per heavy atom. The number of rotatable bonds is 9. The molecule has 0 saturated heterocycles.